The molecule has 2 aromatic rings. The van der Waals surface area contributed by atoms with Gasteiger partial charge in [0.2, 0.25) is 0 Å². The first-order chi connectivity index (χ1) is 17.5. The lowest BCUT2D eigenvalue weighted by Gasteiger charge is -2.04. The van der Waals surface area contributed by atoms with Crippen molar-refractivity contribution in [1.29, 1.82) is 0 Å². The van der Waals surface area contributed by atoms with Crippen LogP contribution in [0.3, 0.4) is 0 Å². The predicted octanol–water partition coefficient (Wildman–Crippen LogP) is 6.42. The summed E-state index contributed by atoms with van der Waals surface area (Å²) in [5.41, 5.74) is 2.19. The zero-order valence-corrected chi connectivity index (χ0v) is 21.7. The zero-order valence-electron chi connectivity index (χ0n) is 21.7. The van der Waals surface area contributed by atoms with Crippen LogP contribution in [0.4, 0.5) is 0 Å². The summed E-state index contributed by atoms with van der Waals surface area (Å²) in [6, 6.07) is 5.53. The van der Waals surface area contributed by atoms with Crippen molar-refractivity contribution in [3.8, 4) is 0 Å². The van der Waals surface area contributed by atoms with Gasteiger partial charge in [-0.05, 0) is 55.5 Å². The van der Waals surface area contributed by atoms with E-state index < -0.39 is 11.9 Å². The fraction of sp³-hybridized carbons (Fsp3) is 0.483. The van der Waals surface area contributed by atoms with Gasteiger partial charge >= 0.3 is 17.9 Å². The zero-order chi connectivity index (χ0) is 26.2. The molecule has 0 spiro atoms. The van der Waals surface area contributed by atoms with Crippen LogP contribution in [-0.4, -0.2) is 37.7 Å². The van der Waals surface area contributed by atoms with Crippen molar-refractivity contribution < 1.29 is 33.0 Å². The lowest BCUT2D eigenvalue weighted by Crippen LogP contribution is -2.07. The molecular weight excluding hydrogens is 460 g/mol. The fourth-order valence-electron chi connectivity index (χ4n) is 3.35. The average Bonchev–Trinajstić information content (AvgIpc) is 3.22. The molecule has 1 aromatic heterocycles. The molecule has 0 saturated carbocycles. The lowest BCUT2D eigenvalue weighted by atomic mass is 10.0. The fourth-order valence-corrected chi connectivity index (χ4v) is 3.35. The number of ether oxygens (including phenoxy) is 3. The minimum Gasteiger partial charge on any atom is -0.466 e. The molecule has 0 unspecified atom stereocenters. The van der Waals surface area contributed by atoms with Crippen LogP contribution in [-0.2, 0) is 35.0 Å². The number of carbonyl (C=O) groups excluding carboxylic acids is 3. The van der Waals surface area contributed by atoms with Crippen LogP contribution in [0.25, 0.3) is 23.1 Å². The van der Waals surface area contributed by atoms with Gasteiger partial charge in [0.05, 0.1) is 19.8 Å². The van der Waals surface area contributed by atoms with E-state index in [2.05, 4.69) is 0 Å². The molecule has 7 heteroatoms. The number of rotatable bonds is 16. The lowest BCUT2D eigenvalue weighted by molar-refractivity contribution is -0.143. The monoisotopic (exact) mass is 498 g/mol. The van der Waals surface area contributed by atoms with Gasteiger partial charge in [-0.15, -0.1) is 0 Å². The number of furan rings is 1. The normalized spacial score (nSPS) is 11.4. The molecule has 0 saturated heterocycles. The largest absolute Gasteiger partial charge is 0.466 e. The molecule has 1 aromatic carbocycles. The SMILES string of the molecule is CCCCOC(=O)/C=C/c1ccc2oc(/C=C/C(=O)OCCCC)c(CCC(=O)OCCCC)c2c1. The Morgan fingerprint density at radius 1 is 0.806 bits per heavy atom. The number of hydrogen-bond donors (Lipinski definition) is 0. The van der Waals surface area contributed by atoms with Crippen molar-refractivity contribution in [2.24, 2.45) is 0 Å². The molecule has 0 fully saturated rings. The van der Waals surface area contributed by atoms with Crippen LogP contribution in [0.2, 0.25) is 0 Å². The number of benzene rings is 1. The Balaban J connectivity index is 2.24. The summed E-state index contributed by atoms with van der Waals surface area (Å²) in [6.45, 7) is 7.26. The number of unbranched alkanes of at least 4 members (excludes halogenated alkanes) is 3. The minimum atomic E-state index is -0.445. The first-order valence-electron chi connectivity index (χ1n) is 12.9. The first kappa shape index (κ1) is 28.9. The minimum absolute atomic E-state index is 0.184. The van der Waals surface area contributed by atoms with Crippen molar-refractivity contribution in [3.05, 3.63) is 47.2 Å². The van der Waals surface area contributed by atoms with Gasteiger partial charge < -0.3 is 18.6 Å². The molecule has 196 valence electrons. The second-order valence-electron chi connectivity index (χ2n) is 8.48. The third-order valence-corrected chi connectivity index (χ3v) is 5.45. The Morgan fingerprint density at radius 3 is 2.00 bits per heavy atom. The summed E-state index contributed by atoms with van der Waals surface area (Å²) in [7, 11) is 0. The van der Waals surface area contributed by atoms with Crippen LogP contribution in [0.1, 0.15) is 82.6 Å². The van der Waals surface area contributed by atoms with Gasteiger partial charge in [0.15, 0.2) is 0 Å². The molecule has 0 aliphatic carbocycles. The van der Waals surface area contributed by atoms with Crippen LogP contribution in [0.15, 0.2) is 34.8 Å². The highest BCUT2D eigenvalue weighted by Gasteiger charge is 2.15. The molecule has 36 heavy (non-hydrogen) atoms. The van der Waals surface area contributed by atoms with Gasteiger partial charge in [0, 0.05) is 29.5 Å². The van der Waals surface area contributed by atoms with E-state index in [0.29, 0.717) is 37.6 Å². The third kappa shape index (κ3) is 10.1. The summed E-state index contributed by atoms with van der Waals surface area (Å²) >= 11 is 0. The third-order valence-electron chi connectivity index (χ3n) is 5.45. The summed E-state index contributed by atoms with van der Waals surface area (Å²) in [4.78, 5) is 36.2. The van der Waals surface area contributed by atoms with E-state index >= 15 is 0 Å². The summed E-state index contributed by atoms with van der Waals surface area (Å²) in [5, 5.41) is 0.803. The molecule has 7 nitrogen and oxygen atoms in total. The summed E-state index contributed by atoms with van der Waals surface area (Å²) in [5.74, 6) is -0.633. The van der Waals surface area contributed by atoms with Crippen LogP contribution in [0.5, 0.6) is 0 Å². The molecular formula is C29H38O7. The Kier molecular flexibility index (Phi) is 13.1. The molecule has 0 aliphatic rings. The number of fused-ring (bicyclic) bond motifs is 1. The van der Waals surface area contributed by atoms with Crippen molar-refractivity contribution in [2.75, 3.05) is 19.8 Å². The number of carbonyl (C=O) groups is 3. The van der Waals surface area contributed by atoms with Gasteiger partial charge in [-0.1, -0.05) is 46.1 Å². The molecule has 2 rings (SSSR count). The van der Waals surface area contributed by atoms with E-state index in [4.69, 9.17) is 18.6 Å². The van der Waals surface area contributed by atoms with Crippen LogP contribution >= 0.6 is 0 Å². The van der Waals surface area contributed by atoms with E-state index in [1.54, 1.807) is 18.2 Å². The highest BCUT2D eigenvalue weighted by Crippen LogP contribution is 2.30. The molecule has 0 N–H and O–H groups in total. The van der Waals surface area contributed by atoms with Crippen LogP contribution in [0, 0.1) is 0 Å². The van der Waals surface area contributed by atoms with Gasteiger partial charge in [0.25, 0.3) is 0 Å². The van der Waals surface area contributed by atoms with Gasteiger partial charge in [-0.25, -0.2) is 9.59 Å². The highest BCUT2D eigenvalue weighted by atomic mass is 16.5. The van der Waals surface area contributed by atoms with Crippen molar-refractivity contribution in [1.82, 2.24) is 0 Å². The smallest absolute Gasteiger partial charge is 0.330 e. The topological polar surface area (TPSA) is 92.0 Å². The molecule has 1 heterocycles. The maximum Gasteiger partial charge on any atom is 0.330 e. The second kappa shape index (κ2) is 16.3. The maximum atomic E-state index is 12.2. The summed E-state index contributed by atoms with van der Waals surface area (Å²) in [6.07, 6.45) is 11.9. The Bertz CT molecular complexity index is 1050. The number of aryl methyl sites for hydroxylation is 1. The van der Waals surface area contributed by atoms with E-state index in [-0.39, 0.29) is 12.4 Å². The molecule has 0 radical (unpaired) electrons. The van der Waals surface area contributed by atoms with Gasteiger partial charge in [0.1, 0.15) is 11.3 Å². The van der Waals surface area contributed by atoms with Crippen LogP contribution < -0.4 is 0 Å². The maximum absolute atomic E-state index is 12.2. The first-order valence-corrected chi connectivity index (χ1v) is 12.9. The van der Waals surface area contributed by atoms with Crippen molar-refractivity contribution >= 4 is 41.0 Å². The van der Waals surface area contributed by atoms with E-state index in [9.17, 15) is 14.4 Å². The van der Waals surface area contributed by atoms with E-state index in [1.807, 2.05) is 32.9 Å². The average molecular weight is 499 g/mol. The summed E-state index contributed by atoms with van der Waals surface area (Å²) < 4.78 is 21.6. The number of esters is 3. The van der Waals surface area contributed by atoms with Gasteiger partial charge in [-0.3, -0.25) is 4.79 Å². The molecule has 0 aliphatic heterocycles. The highest BCUT2D eigenvalue weighted by molar-refractivity contribution is 5.92. The van der Waals surface area contributed by atoms with Crippen molar-refractivity contribution in [2.45, 2.75) is 72.1 Å². The molecule has 0 amide bonds. The van der Waals surface area contributed by atoms with Crippen molar-refractivity contribution in [3.63, 3.8) is 0 Å². The second-order valence-corrected chi connectivity index (χ2v) is 8.48. The standard InChI is InChI=1S/C29H38O7/c1-4-7-18-33-27(30)15-11-22-10-13-26-24(21-22)23(12-16-28(31)34-19-8-5-2)25(36-26)14-17-29(32)35-20-9-6-3/h10-11,13-15,17,21H,4-9,12,16,18-20H2,1-3H3/b15-11+,17-14+. The predicted molar refractivity (Wildman–Crippen MR) is 140 cm³/mol. The number of hydrogen-bond acceptors (Lipinski definition) is 7. The molecule has 0 bridgehead atoms. The molecule has 0 atom stereocenters. The van der Waals surface area contributed by atoms with E-state index in [0.717, 1.165) is 55.0 Å². The van der Waals surface area contributed by atoms with Gasteiger partial charge in [-0.2, -0.15) is 0 Å². The Morgan fingerprint density at radius 2 is 1.39 bits per heavy atom. The Labute approximate surface area is 213 Å². The quantitative estimate of drug-likeness (QED) is 0.114. The van der Waals surface area contributed by atoms with E-state index in [1.165, 1.54) is 12.2 Å². The Hall–Kier alpha value is -3.35.